The molecule has 2 aromatic carbocycles. The van der Waals surface area contributed by atoms with Crippen molar-refractivity contribution in [3.05, 3.63) is 40.4 Å². The molecular formula is C13H11BrNaO3+. The van der Waals surface area contributed by atoms with Crippen molar-refractivity contribution in [1.82, 2.24) is 0 Å². The van der Waals surface area contributed by atoms with Crippen LogP contribution in [0.15, 0.2) is 34.8 Å². The van der Waals surface area contributed by atoms with Crippen LogP contribution in [0, 0.1) is 0 Å². The van der Waals surface area contributed by atoms with Gasteiger partial charge in [0.2, 0.25) is 0 Å². The van der Waals surface area contributed by atoms with Gasteiger partial charge in [-0.25, -0.2) is 0 Å². The van der Waals surface area contributed by atoms with Crippen molar-refractivity contribution >= 4 is 32.7 Å². The van der Waals surface area contributed by atoms with Crippen LogP contribution in [-0.2, 0) is 11.2 Å². The Bertz CT molecular complexity index is 584. The number of hydrogen-bond donors (Lipinski definition) is 1. The fourth-order valence-corrected chi connectivity index (χ4v) is 2.25. The van der Waals surface area contributed by atoms with E-state index in [0.29, 0.717) is 11.3 Å². The molecule has 88 valence electrons. The van der Waals surface area contributed by atoms with Crippen molar-refractivity contribution in [2.45, 2.75) is 6.42 Å². The first kappa shape index (κ1) is 15.5. The molecule has 0 aliphatic rings. The molecule has 0 saturated heterocycles. The molecule has 0 amide bonds. The average molecular weight is 318 g/mol. The van der Waals surface area contributed by atoms with E-state index < -0.39 is 5.97 Å². The van der Waals surface area contributed by atoms with E-state index in [1.807, 2.05) is 24.3 Å². The first-order chi connectivity index (χ1) is 8.11. The minimum absolute atomic E-state index is 0. The Balaban J connectivity index is 0.00000162. The van der Waals surface area contributed by atoms with E-state index in [9.17, 15) is 4.79 Å². The quantitative estimate of drug-likeness (QED) is 0.825. The van der Waals surface area contributed by atoms with E-state index >= 15 is 0 Å². The van der Waals surface area contributed by atoms with E-state index in [2.05, 4.69) is 15.9 Å². The van der Waals surface area contributed by atoms with Crippen LogP contribution in [0.3, 0.4) is 0 Å². The SMILES string of the molecule is COc1ccc2cc(Br)ccc2c1CC(=O)O.[Na+]. The Morgan fingerprint density at radius 3 is 2.67 bits per heavy atom. The fraction of sp³-hybridized carbons (Fsp3) is 0.154. The maximum Gasteiger partial charge on any atom is 1.00 e. The summed E-state index contributed by atoms with van der Waals surface area (Å²) in [5.74, 6) is -0.249. The van der Waals surface area contributed by atoms with Gasteiger partial charge in [0.1, 0.15) is 5.75 Å². The number of carboxylic acid groups (broad SMARTS) is 1. The molecule has 18 heavy (non-hydrogen) atoms. The molecule has 0 bridgehead atoms. The molecule has 0 aliphatic heterocycles. The molecule has 1 N–H and O–H groups in total. The molecule has 0 atom stereocenters. The number of halogens is 1. The van der Waals surface area contributed by atoms with Crippen LogP contribution in [0.5, 0.6) is 5.75 Å². The number of carboxylic acids is 1. The van der Waals surface area contributed by atoms with Crippen LogP contribution in [0.1, 0.15) is 5.56 Å². The summed E-state index contributed by atoms with van der Waals surface area (Å²) in [5, 5.41) is 10.8. The van der Waals surface area contributed by atoms with Crippen LogP contribution in [0.25, 0.3) is 10.8 Å². The van der Waals surface area contributed by atoms with Gasteiger partial charge in [0.25, 0.3) is 0 Å². The maximum atomic E-state index is 10.9. The number of benzene rings is 2. The Kier molecular flexibility index (Phi) is 5.66. The number of aliphatic carboxylic acids is 1. The van der Waals surface area contributed by atoms with Crippen LogP contribution < -0.4 is 34.3 Å². The van der Waals surface area contributed by atoms with Gasteiger partial charge in [0.05, 0.1) is 13.5 Å². The second-order valence-electron chi connectivity index (χ2n) is 3.68. The first-order valence-electron chi connectivity index (χ1n) is 5.08. The van der Waals surface area contributed by atoms with Gasteiger partial charge in [0.15, 0.2) is 0 Å². The Hall–Kier alpha value is -0.550. The van der Waals surface area contributed by atoms with Gasteiger partial charge in [-0.3, -0.25) is 4.79 Å². The van der Waals surface area contributed by atoms with Gasteiger partial charge in [-0.2, -0.15) is 0 Å². The van der Waals surface area contributed by atoms with Gasteiger partial charge in [0, 0.05) is 10.0 Å². The number of ether oxygens (including phenoxy) is 1. The van der Waals surface area contributed by atoms with Crippen molar-refractivity contribution < 1.29 is 44.2 Å². The first-order valence-corrected chi connectivity index (χ1v) is 5.88. The normalized spacial score (nSPS) is 9.89. The number of hydrogen-bond acceptors (Lipinski definition) is 2. The van der Waals surface area contributed by atoms with E-state index in [0.717, 1.165) is 15.2 Å². The molecule has 0 heterocycles. The third-order valence-corrected chi connectivity index (χ3v) is 3.09. The van der Waals surface area contributed by atoms with E-state index in [1.165, 1.54) is 0 Å². The van der Waals surface area contributed by atoms with Gasteiger partial charge in [-0.1, -0.05) is 28.1 Å². The summed E-state index contributed by atoms with van der Waals surface area (Å²) in [4.78, 5) is 10.9. The fourth-order valence-electron chi connectivity index (χ4n) is 1.87. The van der Waals surface area contributed by atoms with Gasteiger partial charge in [-0.05, 0) is 29.0 Å². The van der Waals surface area contributed by atoms with Crippen molar-refractivity contribution in [2.24, 2.45) is 0 Å². The van der Waals surface area contributed by atoms with Crippen molar-refractivity contribution in [2.75, 3.05) is 7.11 Å². The Morgan fingerprint density at radius 1 is 1.33 bits per heavy atom. The summed E-state index contributed by atoms with van der Waals surface area (Å²) in [5.41, 5.74) is 0.713. The van der Waals surface area contributed by atoms with Crippen LogP contribution >= 0.6 is 15.9 Å². The zero-order chi connectivity index (χ0) is 12.4. The minimum Gasteiger partial charge on any atom is -0.496 e. The zero-order valence-corrected chi connectivity index (χ0v) is 13.8. The van der Waals surface area contributed by atoms with Crippen molar-refractivity contribution in [3.63, 3.8) is 0 Å². The average Bonchev–Trinajstić information content (AvgIpc) is 2.28. The summed E-state index contributed by atoms with van der Waals surface area (Å²) in [6.45, 7) is 0. The molecule has 5 heteroatoms. The molecule has 3 nitrogen and oxygen atoms in total. The smallest absolute Gasteiger partial charge is 0.496 e. The number of methoxy groups -OCH3 is 1. The topological polar surface area (TPSA) is 46.5 Å². The van der Waals surface area contributed by atoms with Crippen LogP contribution in [-0.4, -0.2) is 18.2 Å². The van der Waals surface area contributed by atoms with Crippen molar-refractivity contribution in [1.29, 1.82) is 0 Å². The van der Waals surface area contributed by atoms with Gasteiger partial charge >= 0.3 is 35.5 Å². The molecule has 0 aromatic heterocycles. The third-order valence-electron chi connectivity index (χ3n) is 2.60. The minimum atomic E-state index is -0.862. The summed E-state index contributed by atoms with van der Waals surface area (Å²) >= 11 is 3.40. The van der Waals surface area contributed by atoms with E-state index in [-0.39, 0.29) is 36.0 Å². The Morgan fingerprint density at radius 2 is 2.06 bits per heavy atom. The summed E-state index contributed by atoms with van der Waals surface area (Å²) in [6, 6.07) is 9.48. The molecule has 0 fully saturated rings. The zero-order valence-electron chi connectivity index (χ0n) is 10.2. The molecule has 0 unspecified atom stereocenters. The van der Waals surface area contributed by atoms with E-state index in [4.69, 9.17) is 9.84 Å². The molecule has 0 spiro atoms. The van der Waals surface area contributed by atoms with Crippen LogP contribution in [0.2, 0.25) is 0 Å². The van der Waals surface area contributed by atoms with E-state index in [1.54, 1.807) is 13.2 Å². The molecule has 2 rings (SSSR count). The van der Waals surface area contributed by atoms with Crippen LogP contribution in [0.4, 0.5) is 0 Å². The largest absolute Gasteiger partial charge is 1.00 e. The summed E-state index contributed by atoms with van der Waals surface area (Å²) in [7, 11) is 1.55. The molecule has 0 aliphatic carbocycles. The summed E-state index contributed by atoms with van der Waals surface area (Å²) in [6.07, 6.45) is -0.0395. The van der Waals surface area contributed by atoms with Gasteiger partial charge in [-0.15, -0.1) is 0 Å². The number of carbonyl (C=O) groups is 1. The predicted octanol–water partition coefficient (Wildman–Crippen LogP) is 0.242. The number of rotatable bonds is 3. The van der Waals surface area contributed by atoms with Crippen molar-refractivity contribution in [3.8, 4) is 5.75 Å². The molecule has 0 saturated carbocycles. The second kappa shape index (κ2) is 6.57. The standard InChI is InChI=1S/C13H11BrO3.Na/c1-17-12-5-2-8-6-9(14)3-4-10(8)11(12)7-13(15)16;/h2-6H,7H2,1H3,(H,15,16);/q;+1. The number of fused-ring (bicyclic) bond motifs is 1. The molecular weight excluding hydrogens is 307 g/mol. The Labute approximate surface area is 136 Å². The predicted molar refractivity (Wildman–Crippen MR) is 69.5 cm³/mol. The monoisotopic (exact) mass is 317 g/mol. The summed E-state index contributed by atoms with van der Waals surface area (Å²) < 4.78 is 6.18. The van der Waals surface area contributed by atoms with Gasteiger partial charge < -0.3 is 9.84 Å². The molecule has 2 aromatic rings. The maximum absolute atomic E-state index is 10.9. The second-order valence-corrected chi connectivity index (χ2v) is 4.60. The third kappa shape index (κ3) is 3.26. The molecule has 0 radical (unpaired) electrons.